The molecule has 3 amide bonds. The second-order valence-corrected chi connectivity index (χ2v) is 7.08. The zero-order valence-corrected chi connectivity index (χ0v) is 14.9. The summed E-state index contributed by atoms with van der Waals surface area (Å²) in [5, 5.41) is 0. The molecule has 0 spiro atoms. The van der Waals surface area contributed by atoms with E-state index in [-0.39, 0.29) is 36.2 Å². The molecule has 7 heteroatoms. The van der Waals surface area contributed by atoms with Gasteiger partial charge in [-0.05, 0) is 31.9 Å². The van der Waals surface area contributed by atoms with Crippen LogP contribution >= 0.6 is 0 Å². The highest BCUT2D eigenvalue weighted by Gasteiger charge is 2.42. The summed E-state index contributed by atoms with van der Waals surface area (Å²) in [7, 11) is 3.37. The number of carbonyl (C=O) groups is 3. The molecule has 3 aliphatic rings. The lowest BCUT2D eigenvalue weighted by molar-refractivity contribution is -0.145. The van der Waals surface area contributed by atoms with Crippen LogP contribution in [-0.4, -0.2) is 77.2 Å². The SMILES string of the molecule is Cc1ccc(C(=O)N2CC3CCC(C2)N(CC(=O)N(C)C)C3=O)cn1. The molecular weight excluding hydrogens is 320 g/mol. The van der Waals surface area contributed by atoms with Gasteiger partial charge in [0.05, 0.1) is 11.5 Å². The quantitative estimate of drug-likeness (QED) is 0.802. The number of aryl methyl sites for hydroxylation is 1. The van der Waals surface area contributed by atoms with Crippen molar-refractivity contribution in [2.24, 2.45) is 5.92 Å². The number of rotatable bonds is 3. The minimum Gasteiger partial charge on any atom is -0.347 e. The molecule has 2 bridgehead atoms. The lowest BCUT2D eigenvalue weighted by Gasteiger charge is -2.35. The highest BCUT2D eigenvalue weighted by Crippen LogP contribution is 2.29. The highest BCUT2D eigenvalue weighted by atomic mass is 16.2. The number of piperidine rings is 1. The fourth-order valence-corrected chi connectivity index (χ4v) is 3.48. The largest absolute Gasteiger partial charge is 0.347 e. The summed E-state index contributed by atoms with van der Waals surface area (Å²) in [6, 6.07) is 3.48. The molecule has 3 saturated heterocycles. The van der Waals surface area contributed by atoms with Crippen molar-refractivity contribution >= 4 is 17.7 Å². The fraction of sp³-hybridized carbons (Fsp3) is 0.556. The van der Waals surface area contributed by atoms with E-state index in [0.29, 0.717) is 18.7 Å². The third-order valence-electron chi connectivity index (χ3n) is 5.04. The number of nitrogens with zero attached hydrogens (tertiary/aromatic N) is 4. The van der Waals surface area contributed by atoms with Gasteiger partial charge in [-0.15, -0.1) is 0 Å². The predicted octanol–water partition coefficient (Wildman–Crippen LogP) is 0.541. The Morgan fingerprint density at radius 3 is 2.64 bits per heavy atom. The Labute approximate surface area is 147 Å². The number of pyridine rings is 1. The van der Waals surface area contributed by atoms with E-state index in [1.807, 2.05) is 13.0 Å². The van der Waals surface area contributed by atoms with E-state index in [9.17, 15) is 14.4 Å². The molecule has 3 fully saturated rings. The Hall–Kier alpha value is -2.44. The molecule has 1 aromatic heterocycles. The summed E-state index contributed by atoms with van der Waals surface area (Å²) in [6.07, 6.45) is 3.18. The van der Waals surface area contributed by atoms with Gasteiger partial charge < -0.3 is 14.7 Å². The third-order valence-corrected chi connectivity index (χ3v) is 5.04. The molecule has 0 saturated carbocycles. The van der Waals surface area contributed by atoms with E-state index < -0.39 is 0 Å². The molecule has 2 unspecified atom stereocenters. The number of fused-ring (bicyclic) bond motifs is 4. The van der Waals surface area contributed by atoms with E-state index in [1.54, 1.807) is 36.2 Å². The summed E-state index contributed by atoms with van der Waals surface area (Å²) in [6.45, 7) is 2.84. The zero-order valence-electron chi connectivity index (χ0n) is 14.9. The van der Waals surface area contributed by atoms with Crippen LogP contribution in [0.15, 0.2) is 18.3 Å². The average molecular weight is 344 g/mol. The van der Waals surface area contributed by atoms with Crippen LogP contribution in [0.1, 0.15) is 28.9 Å². The lowest BCUT2D eigenvalue weighted by atomic mass is 9.94. The topological polar surface area (TPSA) is 73.8 Å². The number of aromatic nitrogens is 1. The maximum Gasteiger partial charge on any atom is 0.255 e. The van der Waals surface area contributed by atoms with Gasteiger partial charge in [-0.25, -0.2) is 0 Å². The van der Waals surface area contributed by atoms with Crippen LogP contribution in [0, 0.1) is 12.8 Å². The Balaban J connectivity index is 1.78. The van der Waals surface area contributed by atoms with E-state index in [0.717, 1.165) is 18.5 Å². The summed E-state index contributed by atoms with van der Waals surface area (Å²) in [5.74, 6) is -0.431. The van der Waals surface area contributed by atoms with Crippen LogP contribution in [0.5, 0.6) is 0 Å². The van der Waals surface area contributed by atoms with Gasteiger partial charge in [-0.2, -0.15) is 0 Å². The summed E-state index contributed by atoms with van der Waals surface area (Å²) >= 11 is 0. The van der Waals surface area contributed by atoms with Crippen molar-refractivity contribution in [1.29, 1.82) is 0 Å². The first-order chi connectivity index (χ1) is 11.9. The Morgan fingerprint density at radius 2 is 2.00 bits per heavy atom. The van der Waals surface area contributed by atoms with Crippen molar-refractivity contribution in [2.45, 2.75) is 25.8 Å². The molecule has 2 atom stereocenters. The summed E-state index contributed by atoms with van der Waals surface area (Å²) in [5.41, 5.74) is 1.39. The van der Waals surface area contributed by atoms with Crippen molar-refractivity contribution < 1.29 is 14.4 Å². The molecule has 25 heavy (non-hydrogen) atoms. The highest BCUT2D eigenvalue weighted by molar-refractivity contribution is 5.95. The van der Waals surface area contributed by atoms with Crippen molar-refractivity contribution in [1.82, 2.24) is 19.7 Å². The smallest absolute Gasteiger partial charge is 0.255 e. The van der Waals surface area contributed by atoms with Gasteiger partial charge in [0.2, 0.25) is 11.8 Å². The first-order valence-corrected chi connectivity index (χ1v) is 8.59. The van der Waals surface area contributed by atoms with Crippen molar-refractivity contribution in [3.8, 4) is 0 Å². The Morgan fingerprint density at radius 1 is 1.24 bits per heavy atom. The number of amides is 3. The molecule has 0 radical (unpaired) electrons. The summed E-state index contributed by atoms with van der Waals surface area (Å²) < 4.78 is 0. The Kier molecular flexibility index (Phi) is 4.74. The number of likely N-dealkylation sites (N-methyl/N-ethyl adjacent to an activating group) is 1. The molecule has 134 valence electrons. The van der Waals surface area contributed by atoms with Gasteiger partial charge in [0.1, 0.15) is 6.54 Å². The van der Waals surface area contributed by atoms with Gasteiger partial charge in [-0.3, -0.25) is 19.4 Å². The van der Waals surface area contributed by atoms with E-state index in [4.69, 9.17) is 0 Å². The van der Waals surface area contributed by atoms with Gasteiger partial charge in [0.15, 0.2) is 0 Å². The number of carbonyl (C=O) groups excluding carboxylic acids is 3. The molecule has 7 nitrogen and oxygen atoms in total. The van der Waals surface area contributed by atoms with Crippen LogP contribution in [0.2, 0.25) is 0 Å². The molecule has 0 N–H and O–H groups in total. The van der Waals surface area contributed by atoms with Crippen LogP contribution < -0.4 is 0 Å². The first-order valence-electron chi connectivity index (χ1n) is 8.59. The van der Waals surface area contributed by atoms with Gasteiger partial charge in [0.25, 0.3) is 5.91 Å². The number of hydrogen-bond donors (Lipinski definition) is 0. The van der Waals surface area contributed by atoms with Gasteiger partial charge >= 0.3 is 0 Å². The average Bonchev–Trinajstić information content (AvgIpc) is 2.87. The van der Waals surface area contributed by atoms with Crippen LogP contribution in [0.25, 0.3) is 0 Å². The molecule has 0 aromatic carbocycles. The Bertz CT molecular complexity index is 686. The molecular formula is C18H24N4O3. The van der Waals surface area contributed by atoms with Crippen LogP contribution in [-0.2, 0) is 9.59 Å². The second kappa shape index (κ2) is 6.82. The van der Waals surface area contributed by atoms with E-state index >= 15 is 0 Å². The van der Waals surface area contributed by atoms with Crippen molar-refractivity contribution in [3.63, 3.8) is 0 Å². The molecule has 0 aliphatic carbocycles. The molecule has 4 rings (SSSR count). The van der Waals surface area contributed by atoms with Gasteiger partial charge in [0, 0.05) is 45.1 Å². The zero-order chi connectivity index (χ0) is 18.1. The maximum atomic E-state index is 12.8. The van der Waals surface area contributed by atoms with Crippen molar-refractivity contribution in [3.05, 3.63) is 29.6 Å². The van der Waals surface area contributed by atoms with Gasteiger partial charge in [-0.1, -0.05) is 0 Å². The van der Waals surface area contributed by atoms with Crippen LogP contribution in [0.3, 0.4) is 0 Å². The van der Waals surface area contributed by atoms with E-state index in [2.05, 4.69) is 4.98 Å². The first kappa shape index (κ1) is 17.4. The summed E-state index contributed by atoms with van der Waals surface area (Å²) in [4.78, 5) is 46.7. The lowest BCUT2D eigenvalue weighted by Crippen LogP contribution is -2.51. The molecule has 3 aliphatic heterocycles. The molecule has 4 heterocycles. The normalized spacial score (nSPS) is 22.8. The standard InChI is InChI=1S/C18H24N4O3/c1-12-4-5-13(8-19-12)17(24)21-9-14-6-7-15(10-21)22(18(14)25)11-16(23)20(2)3/h4-5,8,14-15H,6-7,9-11H2,1-3H3. The minimum atomic E-state index is -0.226. The maximum absolute atomic E-state index is 12.8. The minimum absolute atomic E-state index is 0.0104. The molecule has 1 aromatic rings. The van der Waals surface area contributed by atoms with E-state index in [1.165, 1.54) is 4.90 Å². The second-order valence-electron chi connectivity index (χ2n) is 7.08. The predicted molar refractivity (Wildman–Crippen MR) is 91.8 cm³/mol. The fourth-order valence-electron chi connectivity index (χ4n) is 3.48. The third kappa shape index (κ3) is 3.50. The monoisotopic (exact) mass is 344 g/mol. The van der Waals surface area contributed by atoms with Crippen molar-refractivity contribution in [2.75, 3.05) is 33.7 Å². The van der Waals surface area contributed by atoms with Crippen LogP contribution in [0.4, 0.5) is 0 Å². The number of hydrogen-bond acceptors (Lipinski definition) is 4.